The van der Waals surface area contributed by atoms with Gasteiger partial charge in [0, 0.05) is 41.5 Å². The molecule has 1 amide bonds. The van der Waals surface area contributed by atoms with Crippen molar-refractivity contribution < 1.29 is 19.4 Å². The van der Waals surface area contributed by atoms with Crippen LogP contribution < -0.4 is 10.1 Å². The van der Waals surface area contributed by atoms with Crippen molar-refractivity contribution in [1.82, 2.24) is 9.88 Å². The molecule has 1 heterocycles. The molecular weight excluding hydrogens is 488 g/mol. The monoisotopic (exact) mass is 522 g/mol. The third-order valence-corrected chi connectivity index (χ3v) is 8.38. The number of nitrogens with zero attached hydrogens (tertiary/aromatic N) is 1. The fourth-order valence-corrected chi connectivity index (χ4v) is 5.40. The minimum absolute atomic E-state index is 0.0726. The van der Waals surface area contributed by atoms with Crippen LogP contribution in [0.5, 0.6) is 5.75 Å². The topological polar surface area (TPSA) is 80.6 Å². The number of amides is 1. The summed E-state index contributed by atoms with van der Waals surface area (Å²) in [5, 5.41) is 13.6. The van der Waals surface area contributed by atoms with Crippen molar-refractivity contribution in [2.24, 2.45) is 0 Å². The minimum Gasteiger partial charge on any atom is -0.478 e. The zero-order valence-electron chi connectivity index (χ0n) is 22.7. The van der Waals surface area contributed by atoms with Crippen molar-refractivity contribution in [2.75, 3.05) is 0 Å². The SMILES string of the molecule is Cc1c(C)n(Cc2ccc(OC3(C(=O)O)CC3)cc2)c2ccc(C(=O)N[C@@H](C)c3cccc(C4CC4)c3)cc12. The van der Waals surface area contributed by atoms with E-state index in [9.17, 15) is 14.7 Å². The summed E-state index contributed by atoms with van der Waals surface area (Å²) < 4.78 is 8.00. The molecule has 6 nitrogen and oxygen atoms in total. The highest BCUT2D eigenvalue weighted by atomic mass is 16.5. The number of aryl methyl sites for hydroxylation is 1. The quantitative estimate of drug-likeness (QED) is 0.257. The molecule has 4 aromatic rings. The van der Waals surface area contributed by atoms with Crippen LogP contribution in [-0.4, -0.2) is 27.2 Å². The summed E-state index contributed by atoms with van der Waals surface area (Å²) >= 11 is 0. The molecule has 2 aliphatic carbocycles. The molecule has 0 spiro atoms. The number of carbonyl (C=O) groups excluding carboxylic acids is 1. The lowest BCUT2D eigenvalue weighted by Gasteiger charge is -2.16. The Kier molecular flexibility index (Phi) is 6.21. The number of carbonyl (C=O) groups is 2. The van der Waals surface area contributed by atoms with E-state index in [1.165, 1.54) is 18.4 Å². The number of hydrogen-bond acceptors (Lipinski definition) is 3. The van der Waals surface area contributed by atoms with Crippen molar-refractivity contribution in [2.45, 2.75) is 70.6 Å². The minimum atomic E-state index is -1.05. The molecule has 2 fully saturated rings. The number of rotatable bonds is 9. The van der Waals surface area contributed by atoms with Crippen molar-refractivity contribution in [3.8, 4) is 5.75 Å². The number of carboxylic acids is 1. The number of aromatic nitrogens is 1. The third-order valence-electron chi connectivity index (χ3n) is 8.38. The Balaban J connectivity index is 1.18. The molecule has 3 aromatic carbocycles. The predicted octanol–water partition coefficient (Wildman–Crippen LogP) is 6.67. The highest BCUT2D eigenvalue weighted by molar-refractivity contribution is 5.99. The largest absolute Gasteiger partial charge is 0.478 e. The number of fused-ring (bicyclic) bond motifs is 1. The van der Waals surface area contributed by atoms with E-state index in [-0.39, 0.29) is 11.9 Å². The Morgan fingerprint density at radius 2 is 1.79 bits per heavy atom. The van der Waals surface area contributed by atoms with E-state index >= 15 is 0 Å². The average Bonchev–Trinajstić information content (AvgIpc) is 3.87. The van der Waals surface area contributed by atoms with Crippen LogP contribution in [0.2, 0.25) is 0 Å². The highest BCUT2D eigenvalue weighted by Gasteiger charge is 2.53. The molecule has 0 bridgehead atoms. The Labute approximate surface area is 228 Å². The molecule has 6 heteroatoms. The number of carboxylic acid groups (broad SMARTS) is 1. The molecule has 0 saturated heterocycles. The van der Waals surface area contributed by atoms with Crippen LogP contribution in [0.1, 0.15) is 82.9 Å². The molecule has 1 aromatic heterocycles. The van der Waals surface area contributed by atoms with Crippen molar-refractivity contribution in [3.05, 3.63) is 100 Å². The van der Waals surface area contributed by atoms with Gasteiger partial charge in [-0.2, -0.15) is 0 Å². The molecule has 0 unspecified atom stereocenters. The maximum Gasteiger partial charge on any atom is 0.348 e. The van der Waals surface area contributed by atoms with Gasteiger partial charge in [-0.3, -0.25) is 4.79 Å². The van der Waals surface area contributed by atoms with Crippen LogP contribution in [0.3, 0.4) is 0 Å². The fraction of sp³-hybridized carbons (Fsp3) is 0.333. The summed E-state index contributed by atoms with van der Waals surface area (Å²) in [4.78, 5) is 24.6. The maximum atomic E-state index is 13.2. The van der Waals surface area contributed by atoms with E-state index < -0.39 is 11.6 Å². The van der Waals surface area contributed by atoms with Crippen LogP contribution in [0.4, 0.5) is 0 Å². The van der Waals surface area contributed by atoms with E-state index in [2.05, 4.69) is 48.0 Å². The van der Waals surface area contributed by atoms with E-state index in [0.29, 0.717) is 36.6 Å². The first-order chi connectivity index (χ1) is 18.7. The number of nitrogens with one attached hydrogen (secondary N) is 1. The second-order valence-corrected chi connectivity index (χ2v) is 11.2. The smallest absolute Gasteiger partial charge is 0.348 e. The second kappa shape index (κ2) is 9.60. The van der Waals surface area contributed by atoms with Gasteiger partial charge in [0.2, 0.25) is 5.60 Å². The Bertz CT molecular complexity index is 1580. The van der Waals surface area contributed by atoms with Crippen LogP contribution in [0, 0.1) is 13.8 Å². The first kappa shape index (κ1) is 25.2. The molecular formula is C33H34N2O4. The van der Waals surface area contributed by atoms with Gasteiger partial charge in [-0.15, -0.1) is 0 Å². The Hall–Kier alpha value is -4.06. The van der Waals surface area contributed by atoms with Crippen LogP contribution >= 0.6 is 0 Å². The van der Waals surface area contributed by atoms with Gasteiger partial charge in [-0.25, -0.2) is 4.79 Å². The summed E-state index contributed by atoms with van der Waals surface area (Å²) in [7, 11) is 0. The number of hydrogen-bond donors (Lipinski definition) is 2. The number of aliphatic carboxylic acids is 1. The molecule has 2 aliphatic rings. The predicted molar refractivity (Wildman–Crippen MR) is 151 cm³/mol. The van der Waals surface area contributed by atoms with E-state index in [0.717, 1.165) is 33.3 Å². The van der Waals surface area contributed by atoms with Gasteiger partial charge < -0.3 is 19.7 Å². The summed E-state index contributed by atoms with van der Waals surface area (Å²) in [6, 6.07) is 22.1. The van der Waals surface area contributed by atoms with Crippen molar-refractivity contribution >= 4 is 22.8 Å². The zero-order chi connectivity index (χ0) is 27.3. The van der Waals surface area contributed by atoms with Gasteiger partial charge in [0.25, 0.3) is 5.91 Å². The normalized spacial score (nSPS) is 16.6. The molecule has 1 atom stereocenters. The first-order valence-electron chi connectivity index (χ1n) is 13.8. The van der Waals surface area contributed by atoms with Gasteiger partial charge in [0.1, 0.15) is 5.75 Å². The Morgan fingerprint density at radius 1 is 1.05 bits per heavy atom. The first-order valence-corrected chi connectivity index (χ1v) is 13.8. The standard InChI is InChI=1S/C33H34N2O4/c1-20-22(3)35(19-23-7-12-28(13-8-23)39-33(15-16-33)32(37)38)30-14-11-27(18-29(20)30)31(36)34-21(2)25-5-4-6-26(17-25)24-9-10-24/h4-8,11-14,17-18,21,24H,9-10,15-16,19H2,1-3H3,(H,34,36)(H,37,38)/t21-/m0/s1. The van der Waals surface area contributed by atoms with E-state index in [4.69, 9.17) is 4.74 Å². The lowest BCUT2D eigenvalue weighted by Crippen LogP contribution is -2.28. The number of benzene rings is 3. The van der Waals surface area contributed by atoms with Crippen LogP contribution in [0.15, 0.2) is 66.7 Å². The zero-order valence-corrected chi connectivity index (χ0v) is 22.7. The maximum absolute atomic E-state index is 13.2. The summed E-state index contributed by atoms with van der Waals surface area (Å²) in [6.07, 6.45) is 3.61. The van der Waals surface area contributed by atoms with Gasteiger partial charge >= 0.3 is 5.97 Å². The van der Waals surface area contributed by atoms with Gasteiger partial charge in [-0.05, 0) is 92.1 Å². The third kappa shape index (κ3) is 4.91. The molecule has 2 N–H and O–H groups in total. The fourth-order valence-electron chi connectivity index (χ4n) is 5.40. The van der Waals surface area contributed by atoms with Gasteiger partial charge in [0.05, 0.1) is 6.04 Å². The molecule has 6 rings (SSSR count). The highest BCUT2D eigenvalue weighted by Crippen LogP contribution is 2.41. The van der Waals surface area contributed by atoms with E-state index in [1.54, 1.807) is 0 Å². The Morgan fingerprint density at radius 3 is 2.46 bits per heavy atom. The molecule has 200 valence electrons. The average molecular weight is 523 g/mol. The van der Waals surface area contributed by atoms with Crippen molar-refractivity contribution in [3.63, 3.8) is 0 Å². The van der Waals surface area contributed by atoms with Gasteiger partial charge in [0.15, 0.2) is 0 Å². The second-order valence-electron chi connectivity index (χ2n) is 11.2. The van der Waals surface area contributed by atoms with Crippen LogP contribution in [0.25, 0.3) is 10.9 Å². The molecule has 0 aliphatic heterocycles. The lowest BCUT2D eigenvalue weighted by molar-refractivity contribution is -0.147. The van der Waals surface area contributed by atoms with Crippen molar-refractivity contribution in [1.29, 1.82) is 0 Å². The summed E-state index contributed by atoms with van der Waals surface area (Å²) in [5.74, 6) is 0.287. The molecule has 2 saturated carbocycles. The van der Waals surface area contributed by atoms with Gasteiger partial charge in [-0.1, -0.05) is 36.4 Å². The lowest BCUT2D eigenvalue weighted by atomic mass is 10.0. The molecule has 39 heavy (non-hydrogen) atoms. The summed E-state index contributed by atoms with van der Waals surface area (Å²) in [6.45, 7) is 6.90. The number of ether oxygens (including phenoxy) is 1. The molecule has 0 radical (unpaired) electrons. The van der Waals surface area contributed by atoms with E-state index in [1.807, 2.05) is 49.4 Å². The summed E-state index contributed by atoms with van der Waals surface area (Å²) in [5.41, 5.74) is 6.59. The van der Waals surface area contributed by atoms with Crippen LogP contribution in [-0.2, 0) is 11.3 Å².